The van der Waals surface area contributed by atoms with Gasteiger partial charge in [0.05, 0.1) is 19.3 Å². The number of nitrogens with zero attached hydrogens (tertiary/aromatic N) is 2. The summed E-state index contributed by atoms with van der Waals surface area (Å²) in [5.74, 6) is 1.27. The molecule has 0 saturated heterocycles. The molecule has 0 fully saturated rings. The molecule has 0 spiro atoms. The number of nitrogens with one attached hydrogen (secondary N) is 2. The van der Waals surface area contributed by atoms with Crippen LogP contribution < -0.4 is 15.4 Å². The molecule has 2 rings (SSSR count). The molecule has 96 valence electrons. The van der Waals surface area contributed by atoms with Crippen LogP contribution in [-0.4, -0.2) is 24.4 Å². The third kappa shape index (κ3) is 2.99. The van der Waals surface area contributed by atoms with E-state index in [0.29, 0.717) is 18.5 Å². The smallest absolute Gasteiger partial charge is 0.320 e. The lowest BCUT2D eigenvalue weighted by atomic mass is 10.3. The highest BCUT2D eigenvalue weighted by Gasteiger charge is 2.08. The van der Waals surface area contributed by atoms with Gasteiger partial charge < -0.3 is 19.8 Å². The van der Waals surface area contributed by atoms with E-state index < -0.39 is 0 Å². The largest absolute Gasteiger partial charge is 0.497 e. The molecule has 0 radical (unpaired) electrons. The van der Waals surface area contributed by atoms with Crippen LogP contribution in [0.25, 0.3) is 0 Å². The monoisotopic (exact) mass is 312 g/mol. The number of anilines is 2. The highest BCUT2D eigenvalue weighted by atomic mass is 79.9. The summed E-state index contributed by atoms with van der Waals surface area (Å²) in [6, 6.07) is 5.92. The van der Waals surface area contributed by atoms with Crippen LogP contribution in [0.15, 0.2) is 27.1 Å². The molecule has 6 nitrogen and oxygen atoms in total. The molecule has 0 atom stereocenters. The minimum atomic E-state index is 0.342. The maximum atomic E-state index is 5.40. The standard InChI is InChI=1S/C11H13BrN4O2/c1-13-6-10-15-16-11(18-10)14-9-5-7(17-2)3-4-8(9)12/h3-5,13H,6H2,1-2H3,(H,14,16). The van der Waals surface area contributed by atoms with Gasteiger partial charge in [-0.1, -0.05) is 5.10 Å². The first-order valence-electron chi connectivity index (χ1n) is 5.30. The predicted octanol–water partition coefficient (Wildman–Crippen LogP) is 2.30. The summed E-state index contributed by atoms with van der Waals surface area (Å²) < 4.78 is 11.4. The van der Waals surface area contributed by atoms with Crippen molar-refractivity contribution in [3.63, 3.8) is 0 Å². The van der Waals surface area contributed by atoms with Gasteiger partial charge in [0.1, 0.15) is 5.75 Å². The third-order valence-corrected chi connectivity index (χ3v) is 2.90. The van der Waals surface area contributed by atoms with Gasteiger partial charge in [-0.2, -0.15) is 0 Å². The zero-order valence-electron chi connectivity index (χ0n) is 10.0. The molecule has 0 saturated carbocycles. The molecule has 2 aromatic rings. The Bertz CT molecular complexity index is 530. The molecule has 18 heavy (non-hydrogen) atoms. The van der Waals surface area contributed by atoms with E-state index in [1.54, 1.807) is 7.11 Å². The third-order valence-electron chi connectivity index (χ3n) is 2.21. The number of rotatable bonds is 5. The van der Waals surface area contributed by atoms with Crippen molar-refractivity contribution in [2.75, 3.05) is 19.5 Å². The SMILES string of the molecule is CNCc1nnc(Nc2cc(OC)ccc2Br)o1. The second-order valence-electron chi connectivity index (χ2n) is 3.50. The van der Waals surface area contributed by atoms with Crippen molar-refractivity contribution in [3.8, 4) is 5.75 Å². The van der Waals surface area contributed by atoms with Gasteiger partial charge in [0.25, 0.3) is 0 Å². The van der Waals surface area contributed by atoms with Crippen molar-refractivity contribution >= 4 is 27.6 Å². The number of benzene rings is 1. The van der Waals surface area contributed by atoms with Crippen molar-refractivity contribution in [2.45, 2.75) is 6.54 Å². The lowest BCUT2D eigenvalue weighted by Gasteiger charge is -2.06. The van der Waals surface area contributed by atoms with Crippen LogP contribution in [0.2, 0.25) is 0 Å². The van der Waals surface area contributed by atoms with Crippen LogP contribution in [0.4, 0.5) is 11.7 Å². The van der Waals surface area contributed by atoms with E-state index in [0.717, 1.165) is 15.9 Å². The molecule has 0 bridgehead atoms. The Morgan fingerprint density at radius 2 is 2.22 bits per heavy atom. The molecular formula is C11H13BrN4O2. The summed E-state index contributed by atoms with van der Waals surface area (Å²) in [6.45, 7) is 0.536. The lowest BCUT2D eigenvalue weighted by molar-refractivity contribution is 0.415. The summed E-state index contributed by atoms with van der Waals surface area (Å²) in [6.07, 6.45) is 0. The minimum absolute atomic E-state index is 0.342. The van der Waals surface area contributed by atoms with Gasteiger partial charge in [0.2, 0.25) is 5.89 Å². The average Bonchev–Trinajstić information content (AvgIpc) is 2.80. The number of hydrogen-bond donors (Lipinski definition) is 2. The van der Waals surface area contributed by atoms with Crippen LogP contribution >= 0.6 is 15.9 Å². The van der Waals surface area contributed by atoms with E-state index in [2.05, 4.69) is 36.8 Å². The second kappa shape index (κ2) is 5.83. The van der Waals surface area contributed by atoms with E-state index in [1.165, 1.54) is 0 Å². The Morgan fingerprint density at radius 1 is 1.39 bits per heavy atom. The fraction of sp³-hybridized carbons (Fsp3) is 0.273. The van der Waals surface area contributed by atoms with Gasteiger partial charge >= 0.3 is 6.01 Å². The first kappa shape index (κ1) is 12.8. The fourth-order valence-electron chi connectivity index (χ4n) is 1.37. The molecule has 1 aromatic carbocycles. The average molecular weight is 313 g/mol. The number of aromatic nitrogens is 2. The van der Waals surface area contributed by atoms with Gasteiger partial charge in [-0.05, 0) is 35.1 Å². The van der Waals surface area contributed by atoms with Crippen molar-refractivity contribution in [2.24, 2.45) is 0 Å². The Labute approximate surface area is 113 Å². The van der Waals surface area contributed by atoms with Gasteiger partial charge in [-0.25, -0.2) is 0 Å². The molecule has 0 aliphatic heterocycles. The highest BCUT2D eigenvalue weighted by molar-refractivity contribution is 9.10. The van der Waals surface area contributed by atoms with Crippen LogP contribution in [0.5, 0.6) is 5.75 Å². The van der Waals surface area contributed by atoms with Gasteiger partial charge in [0, 0.05) is 10.5 Å². The molecule has 0 aliphatic rings. The number of halogens is 1. The van der Waals surface area contributed by atoms with Crippen molar-refractivity contribution in [3.05, 3.63) is 28.6 Å². The molecule has 1 heterocycles. The predicted molar refractivity (Wildman–Crippen MR) is 71.0 cm³/mol. The quantitative estimate of drug-likeness (QED) is 0.882. The van der Waals surface area contributed by atoms with E-state index >= 15 is 0 Å². The first-order chi connectivity index (χ1) is 8.72. The molecule has 7 heteroatoms. The van der Waals surface area contributed by atoms with Crippen molar-refractivity contribution in [1.29, 1.82) is 0 Å². The highest BCUT2D eigenvalue weighted by Crippen LogP contribution is 2.29. The summed E-state index contributed by atoms with van der Waals surface area (Å²) in [4.78, 5) is 0. The van der Waals surface area contributed by atoms with Gasteiger partial charge in [-0.15, -0.1) is 5.10 Å². The van der Waals surface area contributed by atoms with E-state index in [4.69, 9.17) is 9.15 Å². The lowest BCUT2D eigenvalue weighted by Crippen LogP contribution is -2.04. The molecule has 2 N–H and O–H groups in total. The zero-order chi connectivity index (χ0) is 13.0. The molecule has 0 unspecified atom stereocenters. The number of methoxy groups -OCH3 is 1. The molecule has 0 aliphatic carbocycles. The summed E-state index contributed by atoms with van der Waals surface area (Å²) in [5, 5.41) is 13.8. The number of hydrogen-bond acceptors (Lipinski definition) is 6. The topological polar surface area (TPSA) is 72.2 Å². The van der Waals surface area contributed by atoms with Crippen molar-refractivity contribution < 1.29 is 9.15 Å². The van der Waals surface area contributed by atoms with Crippen LogP contribution in [0.3, 0.4) is 0 Å². The summed E-state index contributed by atoms with van der Waals surface area (Å²) in [5.41, 5.74) is 0.800. The maximum Gasteiger partial charge on any atom is 0.320 e. The Kier molecular flexibility index (Phi) is 4.16. The zero-order valence-corrected chi connectivity index (χ0v) is 11.6. The fourth-order valence-corrected chi connectivity index (χ4v) is 1.71. The number of ether oxygens (including phenoxy) is 1. The van der Waals surface area contributed by atoms with Gasteiger partial charge in [-0.3, -0.25) is 0 Å². The maximum absolute atomic E-state index is 5.40. The Hall–Kier alpha value is -1.60. The van der Waals surface area contributed by atoms with E-state index in [-0.39, 0.29) is 0 Å². The Morgan fingerprint density at radius 3 is 2.94 bits per heavy atom. The normalized spacial score (nSPS) is 10.4. The van der Waals surface area contributed by atoms with Crippen LogP contribution in [0.1, 0.15) is 5.89 Å². The molecular weight excluding hydrogens is 300 g/mol. The van der Waals surface area contributed by atoms with Gasteiger partial charge in [0.15, 0.2) is 0 Å². The van der Waals surface area contributed by atoms with Crippen LogP contribution in [0, 0.1) is 0 Å². The van der Waals surface area contributed by atoms with Crippen LogP contribution in [-0.2, 0) is 6.54 Å². The minimum Gasteiger partial charge on any atom is -0.497 e. The van der Waals surface area contributed by atoms with E-state index in [1.807, 2.05) is 25.2 Å². The first-order valence-corrected chi connectivity index (χ1v) is 6.09. The summed E-state index contributed by atoms with van der Waals surface area (Å²) in [7, 11) is 3.43. The molecule has 1 aromatic heterocycles. The van der Waals surface area contributed by atoms with E-state index in [9.17, 15) is 0 Å². The summed E-state index contributed by atoms with van der Waals surface area (Å²) >= 11 is 3.43. The Balaban J connectivity index is 2.16. The molecule has 0 amide bonds. The second-order valence-corrected chi connectivity index (χ2v) is 4.36. The van der Waals surface area contributed by atoms with Crippen molar-refractivity contribution in [1.82, 2.24) is 15.5 Å².